The van der Waals surface area contributed by atoms with Gasteiger partial charge in [-0.25, -0.2) is 0 Å². The number of hydrogen-bond acceptors (Lipinski definition) is 3. The molecule has 0 fully saturated rings. The molecule has 4 heteroatoms. The van der Waals surface area contributed by atoms with Crippen LogP contribution in [0.5, 0.6) is 0 Å². The Balaban J connectivity index is 2.98. The van der Waals surface area contributed by atoms with E-state index in [4.69, 9.17) is 5.26 Å². The SMILES string of the molecule is CNCN=CNC#N. The van der Waals surface area contributed by atoms with Crippen LogP contribution in [0.2, 0.25) is 0 Å². The summed E-state index contributed by atoms with van der Waals surface area (Å²) in [6.07, 6.45) is 3.04. The van der Waals surface area contributed by atoms with Crippen LogP contribution in [0.25, 0.3) is 0 Å². The van der Waals surface area contributed by atoms with Gasteiger partial charge in [0.1, 0.15) is 0 Å². The number of hydrogen-bond donors (Lipinski definition) is 2. The fraction of sp³-hybridized carbons (Fsp3) is 0.500. The summed E-state index contributed by atoms with van der Waals surface area (Å²) in [5.74, 6) is 0. The topological polar surface area (TPSA) is 60.2 Å². The zero-order valence-electron chi connectivity index (χ0n) is 4.68. The third-order valence-electron chi connectivity index (χ3n) is 0.470. The molecule has 0 bridgehead atoms. The van der Waals surface area contributed by atoms with E-state index in [2.05, 4.69) is 15.6 Å². The predicted octanol–water partition coefficient (Wildman–Crippen LogP) is -0.738. The summed E-state index contributed by atoms with van der Waals surface area (Å²) in [6.45, 7) is 0.536. The van der Waals surface area contributed by atoms with Crippen LogP contribution in [-0.2, 0) is 0 Å². The fourth-order valence-electron chi connectivity index (χ4n) is 0.211. The lowest BCUT2D eigenvalue weighted by molar-refractivity contribution is 0.834. The van der Waals surface area contributed by atoms with E-state index >= 15 is 0 Å². The molecule has 0 aromatic rings. The van der Waals surface area contributed by atoms with Crippen molar-refractivity contribution in [3.8, 4) is 6.19 Å². The van der Waals surface area contributed by atoms with Crippen LogP contribution in [0.1, 0.15) is 0 Å². The average Bonchev–Trinajstić information content (AvgIpc) is 1.81. The van der Waals surface area contributed by atoms with Crippen molar-refractivity contribution in [1.82, 2.24) is 10.6 Å². The largest absolute Gasteiger partial charge is 0.301 e. The van der Waals surface area contributed by atoms with Crippen molar-refractivity contribution in [1.29, 1.82) is 5.26 Å². The molecule has 0 heterocycles. The van der Waals surface area contributed by atoms with Gasteiger partial charge in [-0.1, -0.05) is 0 Å². The van der Waals surface area contributed by atoms with Gasteiger partial charge in [-0.05, 0) is 7.05 Å². The first-order valence-corrected chi connectivity index (χ1v) is 2.19. The van der Waals surface area contributed by atoms with E-state index in [0.29, 0.717) is 6.67 Å². The highest BCUT2D eigenvalue weighted by molar-refractivity contribution is 5.56. The smallest absolute Gasteiger partial charge is 0.182 e. The molecular weight excluding hydrogens is 104 g/mol. The van der Waals surface area contributed by atoms with Gasteiger partial charge in [0, 0.05) is 0 Å². The predicted molar refractivity (Wildman–Crippen MR) is 31.2 cm³/mol. The number of nitriles is 1. The second-order valence-electron chi connectivity index (χ2n) is 1.08. The highest BCUT2D eigenvalue weighted by Crippen LogP contribution is 1.53. The van der Waals surface area contributed by atoms with Gasteiger partial charge in [0.2, 0.25) is 0 Å². The van der Waals surface area contributed by atoms with Crippen molar-refractivity contribution >= 4 is 6.34 Å². The van der Waals surface area contributed by atoms with Gasteiger partial charge in [0.05, 0.1) is 13.0 Å². The summed E-state index contributed by atoms with van der Waals surface area (Å²) >= 11 is 0. The minimum Gasteiger partial charge on any atom is -0.301 e. The summed E-state index contributed by atoms with van der Waals surface area (Å²) in [5, 5.41) is 12.9. The van der Waals surface area contributed by atoms with Crippen LogP contribution < -0.4 is 10.6 Å². The lowest BCUT2D eigenvalue weighted by Crippen LogP contribution is -2.08. The molecule has 0 aliphatic carbocycles. The first kappa shape index (κ1) is 6.92. The van der Waals surface area contributed by atoms with Crippen LogP contribution in [0.3, 0.4) is 0 Å². The summed E-state index contributed by atoms with van der Waals surface area (Å²) in [5.41, 5.74) is 0. The zero-order valence-corrected chi connectivity index (χ0v) is 4.68. The van der Waals surface area contributed by atoms with E-state index in [1.807, 2.05) is 0 Å². The summed E-state index contributed by atoms with van der Waals surface area (Å²) in [4.78, 5) is 3.71. The van der Waals surface area contributed by atoms with E-state index < -0.39 is 0 Å². The van der Waals surface area contributed by atoms with Crippen molar-refractivity contribution in [2.75, 3.05) is 13.7 Å². The maximum absolute atomic E-state index is 7.89. The molecule has 0 unspecified atom stereocenters. The summed E-state index contributed by atoms with van der Waals surface area (Å²) < 4.78 is 0. The molecule has 0 radical (unpaired) electrons. The number of aliphatic imine (C=N–C) groups is 1. The van der Waals surface area contributed by atoms with Gasteiger partial charge in [0.15, 0.2) is 6.19 Å². The van der Waals surface area contributed by atoms with Crippen molar-refractivity contribution in [2.45, 2.75) is 0 Å². The zero-order chi connectivity index (χ0) is 6.24. The van der Waals surface area contributed by atoms with Gasteiger partial charge in [-0.2, -0.15) is 5.26 Å². The van der Waals surface area contributed by atoms with Crippen LogP contribution in [0.4, 0.5) is 0 Å². The first-order chi connectivity index (χ1) is 3.91. The molecule has 0 aromatic heterocycles. The molecular formula is C4H8N4. The van der Waals surface area contributed by atoms with Crippen LogP contribution in [-0.4, -0.2) is 20.1 Å². The first-order valence-electron chi connectivity index (χ1n) is 2.19. The van der Waals surface area contributed by atoms with Crippen LogP contribution >= 0.6 is 0 Å². The molecule has 0 spiro atoms. The molecule has 0 aromatic carbocycles. The summed E-state index contributed by atoms with van der Waals surface area (Å²) in [7, 11) is 1.78. The lowest BCUT2D eigenvalue weighted by atomic mass is 11.0. The summed E-state index contributed by atoms with van der Waals surface area (Å²) in [6, 6.07) is 0. The quantitative estimate of drug-likeness (QED) is 0.219. The number of nitrogens with one attached hydrogen (secondary N) is 2. The highest BCUT2D eigenvalue weighted by Gasteiger charge is 1.66. The maximum atomic E-state index is 7.89. The number of rotatable bonds is 3. The third-order valence-corrected chi connectivity index (χ3v) is 0.470. The van der Waals surface area contributed by atoms with Crippen molar-refractivity contribution < 1.29 is 0 Å². The molecule has 0 rings (SSSR count). The van der Waals surface area contributed by atoms with Gasteiger partial charge >= 0.3 is 0 Å². The molecule has 4 nitrogen and oxygen atoms in total. The van der Waals surface area contributed by atoms with Gasteiger partial charge in [-0.15, -0.1) is 0 Å². The molecule has 44 valence electrons. The Hall–Kier alpha value is -1.08. The van der Waals surface area contributed by atoms with E-state index in [-0.39, 0.29) is 0 Å². The Labute approximate surface area is 48.2 Å². The standard InChI is InChI=1S/C4H8N4/c1-6-3-8-4-7-2-5/h4,6H,3H2,1H3,(H,7,8). The molecule has 8 heavy (non-hydrogen) atoms. The van der Waals surface area contributed by atoms with Crippen LogP contribution in [0, 0.1) is 11.5 Å². The Bertz CT molecular complexity index is 101. The van der Waals surface area contributed by atoms with Gasteiger partial charge in [-0.3, -0.25) is 10.3 Å². The average molecular weight is 112 g/mol. The monoisotopic (exact) mass is 112 g/mol. The molecule has 2 N–H and O–H groups in total. The van der Waals surface area contributed by atoms with Crippen molar-refractivity contribution in [3.05, 3.63) is 0 Å². The minimum atomic E-state index is 0.536. The Morgan fingerprint density at radius 2 is 2.62 bits per heavy atom. The molecule has 0 aliphatic rings. The van der Waals surface area contributed by atoms with E-state index in [1.165, 1.54) is 6.34 Å². The molecule has 0 atom stereocenters. The van der Waals surface area contributed by atoms with Crippen molar-refractivity contribution in [2.24, 2.45) is 4.99 Å². The third kappa shape index (κ3) is 4.92. The van der Waals surface area contributed by atoms with Gasteiger partial charge in [0.25, 0.3) is 0 Å². The van der Waals surface area contributed by atoms with Crippen molar-refractivity contribution in [3.63, 3.8) is 0 Å². The maximum Gasteiger partial charge on any atom is 0.182 e. The van der Waals surface area contributed by atoms with E-state index in [1.54, 1.807) is 13.2 Å². The fourth-order valence-corrected chi connectivity index (χ4v) is 0.211. The minimum absolute atomic E-state index is 0.536. The second kappa shape index (κ2) is 5.92. The molecule has 0 aliphatic heterocycles. The Morgan fingerprint density at radius 1 is 1.88 bits per heavy atom. The Kier molecular flexibility index (Phi) is 5.12. The van der Waals surface area contributed by atoms with E-state index in [0.717, 1.165) is 0 Å². The number of nitrogens with zero attached hydrogens (tertiary/aromatic N) is 2. The second-order valence-corrected chi connectivity index (χ2v) is 1.08. The van der Waals surface area contributed by atoms with E-state index in [9.17, 15) is 0 Å². The highest BCUT2D eigenvalue weighted by atomic mass is 15.0. The van der Waals surface area contributed by atoms with Gasteiger partial charge < -0.3 is 5.32 Å². The molecule has 0 saturated carbocycles. The molecule has 0 amide bonds. The van der Waals surface area contributed by atoms with Crippen LogP contribution in [0.15, 0.2) is 4.99 Å². The molecule has 0 saturated heterocycles. The normalized spacial score (nSPS) is 9.00. The lowest BCUT2D eigenvalue weighted by Gasteiger charge is -1.85. The Morgan fingerprint density at radius 3 is 3.12 bits per heavy atom.